The van der Waals surface area contributed by atoms with Gasteiger partial charge in [0.15, 0.2) is 0 Å². The SMILES string of the molecule is CC(C)NCCCCC/C=C/CCCCCCCCCCNC(C)C. The van der Waals surface area contributed by atoms with Crippen molar-refractivity contribution in [3.63, 3.8) is 0 Å². The van der Waals surface area contributed by atoms with E-state index in [9.17, 15) is 0 Å². The predicted molar refractivity (Wildman–Crippen MR) is 115 cm³/mol. The van der Waals surface area contributed by atoms with Gasteiger partial charge in [-0.2, -0.15) is 0 Å². The van der Waals surface area contributed by atoms with Crippen LogP contribution in [-0.2, 0) is 0 Å². The first-order valence-electron chi connectivity index (χ1n) is 11.2. The van der Waals surface area contributed by atoms with E-state index in [1.807, 2.05) is 0 Å². The van der Waals surface area contributed by atoms with Crippen LogP contribution in [0.2, 0.25) is 0 Å². The first-order chi connectivity index (χ1) is 12.1. The van der Waals surface area contributed by atoms with Crippen molar-refractivity contribution in [3.8, 4) is 0 Å². The van der Waals surface area contributed by atoms with E-state index in [0.717, 1.165) is 0 Å². The maximum Gasteiger partial charge on any atom is 0.00103 e. The highest BCUT2D eigenvalue weighted by atomic mass is 14.9. The van der Waals surface area contributed by atoms with Crippen LogP contribution in [0.3, 0.4) is 0 Å². The zero-order chi connectivity index (χ0) is 18.6. The molecule has 0 rings (SSSR count). The van der Waals surface area contributed by atoms with Crippen LogP contribution >= 0.6 is 0 Å². The second-order valence-corrected chi connectivity index (χ2v) is 8.16. The molecule has 0 aromatic rings. The third-order valence-corrected chi connectivity index (χ3v) is 4.62. The third-order valence-electron chi connectivity index (χ3n) is 4.62. The molecular weight excluding hydrogens is 304 g/mol. The maximum absolute atomic E-state index is 3.49. The molecule has 0 aliphatic carbocycles. The summed E-state index contributed by atoms with van der Waals surface area (Å²) in [6, 6.07) is 1.27. The van der Waals surface area contributed by atoms with Crippen LogP contribution in [0.5, 0.6) is 0 Å². The normalized spacial score (nSPS) is 12.1. The van der Waals surface area contributed by atoms with Gasteiger partial charge in [-0.3, -0.25) is 0 Å². The molecule has 0 radical (unpaired) electrons. The minimum Gasteiger partial charge on any atom is -0.315 e. The highest BCUT2D eigenvalue weighted by Gasteiger charge is 1.94. The van der Waals surface area contributed by atoms with Gasteiger partial charge in [-0.1, -0.05) is 84.8 Å². The zero-order valence-corrected chi connectivity index (χ0v) is 17.9. The summed E-state index contributed by atoms with van der Waals surface area (Å²) in [5, 5.41) is 6.97. The van der Waals surface area contributed by atoms with Crippen LogP contribution in [0.25, 0.3) is 0 Å². The standard InChI is InChI=1S/C23H48N2/c1-22(2)24-20-18-16-14-12-10-8-6-5-7-9-11-13-15-17-19-21-25-23(3)4/h8,10,22-25H,5-7,9,11-21H2,1-4H3/b10-8+. The van der Waals surface area contributed by atoms with Gasteiger partial charge >= 0.3 is 0 Å². The average Bonchev–Trinajstić information content (AvgIpc) is 2.56. The van der Waals surface area contributed by atoms with E-state index in [4.69, 9.17) is 0 Å². The summed E-state index contributed by atoms with van der Waals surface area (Å²) in [5.41, 5.74) is 0. The first-order valence-corrected chi connectivity index (χ1v) is 11.2. The molecule has 0 aromatic carbocycles. The lowest BCUT2D eigenvalue weighted by Gasteiger charge is -2.07. The number of hydrogen-bond donors (Lipinski definition) is 2. The van der Waals surface area contributed by atoms with Gasteiger partial charge in [-0.25, -0.2) is 0 Å². The summed E-state index contributed by atoms with van der Waals surface area (Å²) in [5.74, 6) is 0. The van der Waals surface area contributed by atoms with E-state index in [1.165, 1.54) is 96.6 Å². The van der Waals surface area contributed by atoms with E-state index in [2.05, 4.69) is 50.5 Å². The quantitative estimate of drug-likeness (QED) is 0.202. The summed E-state index contributed by atoms with van der Waals surface area (Å²) in [6.07, 6.45) is 22.7. The molecule has 0 saturated heterocycles. The Morgan fingerprint density at radius 1 is 0.480 bits per heavy atom. The molecule has 0 amide bonds. The fraction of sp³-hybridized carbons (Fsp3) is 0.913. The van der Waals surface area contributed by atoms with Crippen molar-refractivity contribution in [2.24, 2.45) is 0 Å². The molecule has 0 aliphatic rings. The average molecular weight is 353 g/mol. The van der Waals surface area contributed by atoms with Crippen molar-refractivity contribution >= 4 is 0 Å². The van der Waals surface area contributed by atoms with Gasteiger partial charge in [0.05, 0.1) is 0 Å². The lowest BCUT2D eigenvalue weighted by molar-refractivity contribution is 0.527. The number of rotatable bonds is 19. The Hall–Kier alpha value is -0.340. The summed E-state index contributed by atoms with van der Waals surface area (Å²) in [7, 11) is 0. The smallest absolute Gasteiger partial charge is 0.00103 e. The molecule has 0 saturated carbocycles. The van der Waals surface area contributed by atoms with Gasteiger partial charge in [0.25, 0.3) is 0 Å². The molecule has 0 unspecified atom stereocenters. The second-order valence-electron chi connectivity index (χ2n) is 8.16. The molecule has 0 aliphatic heterocycles. The number of allylic oxidation sites excluding steroid dienone is 2. The Morgan fingerprint density at radius 2 is 0.800 bits per heavy atom. The van der Waals surface area contributed by atoms with E-state index in [0.29, 0.717) is 12.1 Å². The van der Waals surface area contributed by atoms with Gasteiger partial charge in [0.2, 0.25) is 0 Å². The Kier molecular flexibility index (Phi) is 19.7. The summed E-state index contributed by atoms with van der Waals surface area (Å²) in [4.78, 5) is 0. The topological polar surface area (TPSA) is 24.1 Å². The van der Waals surface area contributed by atoms with Gasteiger partial charge in [-0.15, -0.1) is 0 Å². The number of unbranched alkanes of at least 4 members (excludes halogenated alkanes) is 11. The Morgan fingerprint density at radius 3 is 1.20 bits per heavy atom. The van der Waals surface area contributed by atoms with Gasteiger partial charge in [-0.05, 0) is 51.6 Å². The Bertz CT molecular complexity index is 271. The molecule has 0 fully saturated rings. The summed E-state index contributed by atoms with van der Waals surface area (Å²) >= 11 is 0. The van der Waals surface area contributed by atoms with E-state index in [1.54, 1.807) is 0 Å². The minimum absolute atomic E-state index is 0.631. The molecule has 2 heteroatoms. The fourth-order valence-corrected chi connectivity index (χ4v) is 3.03. The highest BCUT2D eigenvalue weighted by Crippen LogP contribution is 2.10. The maximum atomic E-state index is 3.49. The van der Waals surface area contributed by atoms with Crippen LogP contribution in [0.15, 0.2) is 12.2 Å². The monoisotopic (exact) mass is 352 g/mol. The lowest BCUT2D eigenvalue weighted by Crippen LogP contribution is -2.23. The number of nitrogens with one attached hydrogen (secondary N) is 2. The van der Waals surface area contributed by atoms with Crippen LogP contribution in [0.1, 0.15) is 111 Å². The molecule has 2 N–H and O–H groups in total. The van der Waals surface area contributed by atoms with Gasteiger partial charge in [0.1, 0.15) is 0 Å². The van der Waals surface area contributed by atoms with Crippen molar-refractivity contribution in [3.05, 3.63) is 12.2 Å². The fourth-order valence-electron chi connectivity index (χ4n) is 3.03. The van der Waals surface area contributed by atoms with Crippen molar-refractivity contribution in [1.82, 2.24) is 10.6 Å². The molecule has 25 heavy (non-hydrogen) atoms. The van der Waals surface area contributed by atoms with Crippen molar-refractivity contribution in [2.45, 2.75) is 123 Å². The van der Waals surface area contributed by atoms with Crippen LogP contribution in [0.4, 0.5) is 0 Å². The first kappa shape index (κ1) is 24.7. The molecule has 0 spiro atoms. The minimum atomic E-state index is 0.631. The van der Waals surface area contributed by atoms with E-state index in [-0.39, 0.29) is 0 Å². The largest absolute Gasteiger partial charge is 0.315 e. The molecule has 0 aromatic heterocycles. The third kappa shape index (κ3) is 23.7. The van der Waals surface area contributed by atoms with Crippen LogP contribution in [0, 0.1) is 0 Å². The zero-order valence-electron chi connectivity index (χ0n) is 17.9. The molecule has 0 heterocycles. The molecule has 150 valence electrons. The Balaban J connectivity index is 3.08. The van der Waals surface area contributed by atoms with E-state index >= 15 is 0 Å². The predicted octanol–water partition coefficient (Wildman–Crippen LogP) is 6.61. The van der Waals surface area contributed by atoms with Gasteiger partial charge in [0, 0.05) is 12.1 Å². The van der Waals surface area contributed by atoms with Gasteiger partial charge < -0.3 is 10.6 Å². The highest BCUT2D eigenvalue weighted by molar-refractivity contribution is 4.81. The van der Waals surface area contributed by atoms with Crippen molar-refractivity contribution < 1.29 is 0 Å². The lowest BCUT2D eigenvalue weighted by atomic mass is 10.1. The van der Waals surface area contributed by atoms with Crippen molar-refractivity contribution in [1.29, 1.82) is 0 Å². The van der Waals surface area contributed by atoms with E-state index < -0.39 is 0 Å². The molecular formula is C23H48N2. The van der Waals surface area contributed by atoms with Crippen molar-refractivity contribution in [2.75, 3.05) is 13.1 Å². The van der Waals surface area contributed by atoms with Crippen LogP contribution < -0.4 is 10.6 Å². The molecule has 0 atom stereocenters. The molecule has 0 bridgehead atoms. The Labute approximate surface area is 159 Å². The summed E-state index contributed by atoms with van der Waals surface area (Å²) in [6.45, 7) is 11.3. The molecule has 2 nitrogen and oxygen atoms in total. The summed E-state index contributed by atoms with van der Waals surface area (Å²) < 4.78 is 0. The van der Waals surface area contributed by atoms with Crippen LogP contribution in [-0.4, -0.2) is 25.2 Å². The second kappa shape index (κ2) is 20.0. The number of hydrogen-bond acceptors (Lipinski definition) is 2.